The summed E-state index contributed by atoms with van der Waals surface area (Å²) in [4.78, 5) is 10.8. The summed E-state index contributed by atoms with van der Waals surface area (Å²) in [7, 11) is -3.68. The molecule has 0 bridgehead atoms. The van der Waals surface area contributed by atoms with Crippen LogP contribution in [0.2, 0.25) is 0 Å². The van der Waals surface area contributed by atoms with Gasteiger partial charge in [0.05, 0.1) is 11.3 Å². The molecule has 3 N–H and O–H groups in total. The molecule has 1 aromatic rings. The molecule has 0 spiro atoms. The Kier molecular flexibility index (Phi) is 5.12. The number of nitrogens with one attached hydrogen (secondary N) is 2. The Bertz CT molecular complexity index is 545. The predicted octanol–water partition coefficient (Wildman–Crippen LogP) is 1.80. The zero-order valence-electron chi connectivity index (χ0n) is 9.60. The van der Waals surface area contributed by atoms with E-state index in [2.05, 4.69) is 25.4 Å². The Labute approximate surface area is 114 Å². The van der Waals surface area contributed by atoms with Gasteiger partial charge in [-0.25, -0.2) is 4.79 Å². The van der Waals surface area contributed by atoms with Crippen LogP contribution in [0, 0.1) is 0 Å². The molecule has 0 radical (unpaired) electrons. The zero-order valence-corrected chi connectivity index (χ0v) is 12.0. The highest BCUT2D eigenvalue weighted by atomic mass is 79.9. The normalized spacial score (nSPS) is 11.2. The van der Waals surface area contributed by atoms with Gasteiger partial charge in [0.15, 0.2) is 0 Å². The van der Waals surface area contributed by atoms with Crippen LogP contribution >= 0.6 is 15.9 Å². The zero-order chi connectivity index (χ0) is 13.8. The van der Waals surface area contributed by atoms with E-state index in [1.54, 1.807) is 0 Å². The molecule has 0 fully saturated rings. The minimum atomic E-state index is -3.68. The number of benzene rings is 1. The van der Waals surface area contributed by atoms with E-state index in [1.165, 1.54) is 18.2 Å². The highest BCUT2D eigenvalue weighted by Crippen LogP contribution is 2.24. The molecule has 0 aliphatic heterocycles. The summed E-state index contributed by atoms with van der Waals surface area (Å²) in [6.45, 7) is 2.15. The molecule has 0 aromatic heterocycles. The van der Waals surface area contributed by atoms with Crippen molar-refractivity contribution in [3.05, 3.63) is 28.2 Å². The first-order valence-corrected chi connectivity index (χ1v) is 7.43. The van der Waals surface area contributed by atoms with Crippen molar-refractivity contribution in [1.82, 2.24) is 4.72 Å². The summed E-state index contributed by atoms with van der Waals surface area (Å²) in [6, 6.07) is 4.10. The Morgan fingerprint density at radius 1 is 1.44 bits per heavy atom. The molecule has 100 valence electrons. The molecule has 1 aromatic carbocycles. The third-order valence-electron chi connectivity index (χ3n) is 2.00. The van der Waals surface area contributed by atoms with E-state index in [-0.39, 0.29) is 11.3 Å². The van der Waals surface area contributed by atoms with Crippen LogP contribution in [0.5, 0.6) is 0 Å². The van der Waals surface area contributed by atoms with E-state index in [0.29, 0.717) is 17.4 Å². The third-order valence-corrected chi connectivity index (χ3v) is 3.76. The molecular weight excluding hydrogens is 324 g/mol. The van der Waals surface area contributed by atoms with E-state index in [1.807, 2.05) is 6.92 Å². The quantitative estimate of drug-likeness (QED) is 0.738. The minimum Gasteiger partial charge on any atom is -0.478 e. The van der Waals surface area contributed by atoms with Gasteiger partial charge in [0.25, 0.3) is 10.2 Å². The fourth-order valence-corrected chi connectivity index (χ4v) is 2.63. The number of halogens is 1. The number of carboxylic acids is 1. The second kappa shape index (κ2) is 6.17. The second-order valence-corrected chi connectivity index (χ2v) is 5.85. The standard InChI is InChI=1S/C10H13BrN2O4S/c1-2-5-12-18(16,17)13-9-6-7(10(14)15)3-4-8(9)11/h3-4,6,12-13H,2,5H2,1H3,(H,14,15). The molecule has 6 nitrogen and oxygen atoms in total. The van der Waals surface area contributed by atoms with Gasteiger partial charge in [-0.15, -0.1) is 0 Å². The molecule has 0 heterocycles. The van der Waals surface area contributed by atoms with Crippen molar-refractivity contribution in [3.8, 4) is 0 Å². The lowest BCUT2D eigenvalue weighted by atomic mass is 10.2. The van der Waals surface area contributed by atoms with Gasteiger partial charge in [-0.3, -0.25) is 4.72 Å². The van der Waals surface area contributed by atoms with E-state index < -0.39 is 16.2 Å². The van der Waals surface area contributed by atoms with Gasteiger partial charge < -0.3 is 5.11 Å². The molecule has 0 aliphatic carbocycles. The van der Waals surface area contributed by atoms with Gasteiger partial charge in [0.1, 0.15) is 0 Å². The molecule has 0 amide bonds. The van der Waals surface area contributed by atoms with Crippen molar-refractivity contribution >= 4 is 37.8 Å². The number of anilines is 1. The highest BCUT2D eigenvalue weighted by Gasteiger charge is 2.13. The smallest absolute Gasteiger partial charge is 0.335 e. The fourth-order valence-electron chi connectivity index (χ4n) is 1.15. The highest BCUT2D eigenvalue weighted by molar-refractivity contribution is 9.10. The molecule has 18 heavy (non-hydrogen) atoms. The maximum absolute atomic E-state index is 11.6. The number of hydrogen-bond donors (Lipinski definition) is 3. The van der Waals surface area contributed by atoms with Crippen molar-refractivity contribution in [2.45, 2.75) is 13.3 Å². The molecule has 0 unspecified atom stereocenters. The lowest BCUT2D eigenvalue weighted by Crippen LogP contribution is -2.30. The van der Waals surface area contributed by atoms with Crippen molar-refractivity contribution < 1.29 is 18.3 Å². The summed E-state index contributed by atoms with van der Waals surface area (Å²) in [5.41, 5.74) is 0.185. The Morgan fingerprint density at radius 3 is 2.67 bits per heavy atom. The maximum atomic E-state index is 11.6. The summed E-state index contributed by atoms with van der Waals surface area (Å²) < 4.78 is 28.3. The average Bonchev–Trinajstić information content (AvgIpc) is 2.29. The van der Waals surface area contributed by atoms with Crippen LogP contribution in [0.4, 0.5) is 5.69 Å². The van der Waals surface area contributed by atoms with Gasteiger partial charge in [0.2, 0.25) is 0 Å². The average molecular weight is 337 g/mol. The van der Waals surface area contributed by atoms with Crippen LogP contribution in [0.3, 0.4) is 0 Å². The van der Waals surface area contributed by atoms with Gasteiger partial charge in [0, 0.05) is 11.0 Å². The van der Waals surface area contributed by atoms with Crippen molar-refractivity contribution in [2.24, 2.45) is 0 Å². The first-order chi connectivity index (χ1) is 8.35. The Hall–Kier alpha value is -1.12. The van der Waals surface area contributed by atoms with Crippen LogP contribution < -0.4 is 9.44 Å². The van der Waals surface area contributed by atoms with Gasteiger partial charge in [-0.05, 0) is 40.5 Å². The lowest BCUT2D eigenvalue weighted by molar-refractivity contribution is 0.0697. The van der Waals surface area contributed by atoms with Crippen LogP contribution in [-0.4, -0.2) is 26.0 Å². The Balaban J connectivity index is 2.96. The Morgan fingerprint density at radius 2 is 2.11 bits per heavy atom. The number of aromatic carboxylic acids is 1. The summed E-state index contributed by atoms with van der Waals surface area (Å²) in [6.07, 6.45) is 0.664. The van der Waals surface area contributed by atoms with Gasteiger partial charge >= 0.3 is 5.97 Å². The van der Waals surface area contributed by atoms with E-state index in [4.69, 9.17) is 5.11 Å². The summed E-state index contributed by atoms with van der Waals surface area (Å²) in [5.74, 6) is -1.12. The molecule has 0 saturated carbocycles. The number of hydrogen-bond acceptors (Lipinski definition) is 3. The second-order valence-electron chi connectivity index (χ2n) is 3.50. The number of rotatable bonds is 6. The monoisotopic (exact) mass is 336 g/mol. The molecule has 0 aliphatic rings. The van der Waals surface area contributed by atoms with Gasteiger partial charge in [-0.2, -0.15) is 13.1 Å². The maximum Gasteiger partial charge on any atom is 0.335 e. The fraction of sp³-hybridized carbons (Fsp3) is 0.300. The molecule has 8 heteroatoms. The van der Waals surface area contributed by atoms with E-state index in [9.17, 15) is 13.2 Å². The van der Waals surface area contributed by atoms with Crippen LogP contribution in [-0.2, 0) is 10.2 Å². The topological polar surface area (TPSA) is 95.5 Å². The first kappa shape index (κ1) is 14.9. The summed E-state index contributed by atoms with van der Waals surface area (Å²) >= 11 is 3.15. The number of carboxylic acid groups (broad SMARTS) is 1. The van der Waals surface area contributed by atoms with E-state index >= 15 is 0 Å². The van der Waals surface area contributed by atoms with Crippen LogP contribution in [0.25, 0.3) is 0 Å². The van der Waals surface area contributed by atoms with E-state index in [0.717, 1.165) is 0 Å². The molecule has 1 rings (SSSR count). The first-order valence-electron chi connectivity index (χ1n) is 5.16. The molecule has 0 saturated heterocycles. The van der Waals surface area contributed by atoms with Crippen molar-refractivity contribution in [1.29, 1.82) is 0 Å². The van der Waals surface area contributed by atoms with Gasteiger partial charge in [-0.1, -0.05) is 6.92 Å². The molecular formula is C10H13BrN2O4S. The largest absolute Gasteiger partial charge is 0.478 e. The lowest BCUT2D eigenvalue weighted by Gasteiger charge is -2.10. The SMILES string of the molecule is CCCNS(=O)(=O)Nc1cc(C(=O)O)ccc1Br. The number of carbonyl (C=O) groups is 1. The van der Waals surface area contributed by atoms with Crippen LogP contribution in [0.15, 0.2) is 22.7 Å². The predicted molar refractivity (Wildman–Crippen MR) is 71.9 cm³/mol. The molecule has 0 atom stereocenters. The summed E-state index contributed by atoms with van der Waals surface area (Å²) in [5, 5.41) is 8.83. The minimum absolute atomic E-state index is 0.00592. The van der Waals surface area contributed by atoms with Crippen LogP contribution in [0.1, 0.15) is 23.7 Å². The third kappa shape index (κ3) is 4.28. The van der Waals surface area contributed by atoms with Crippen molar-refractivity contribution in [3.63, 3.8) is 0 Å². The van der Waals surface area contributed by atoms with Crippen molar-refractivity contribution in [2.75, 3.05) is 11.3 Å².